The molecule has 6 heteroatoms. The predicted octanol–water partition coefficient (Wildman–Crippen LogP) is 2.34. The normalized spacial score (nSPS) is 20.9. The van der Waals surface area contributed by atoms with Crippen LogP contribution in [0.1, 0.15) is 26.2 Å². The van der Waals surface area contributed by atoms with Gasteiger partial charge in [0.1, 0.15) is 0 Å². The molecule has 21 heavy (non-hydrogen) atoms. The molecule has 1 aromatic carbocycles. The summed E-state index contributed by atoms with van der Waals surface area (Å²) in [5.41, 5.74) is 0.742. The van der Waals surface area contributed by atoms with Gasteiger partial charge in [0.05, 0.1) is 12.6 Å². The first-order valence-corrected chi connectivity index (χ1v) is 7.11. The summed E-state index contributed by atoms with van der Waals surface area (Å²) in [4.78, 5) is 23.7. The quantitative estimate of drug-likeness (QED) is 0.795. The van der Waals surface area contributed by atoms with Gasteiger partial charge in [-0.2, -0.15) is 0 Å². The molecule has 1 heterocycles. The lowest BCUT2D eigenvalue weighted by Crippen LogP contribution is -2.50. The minimum atomic E-state index is -0.541. The molecule has 6 nitrogen and oxygen atoms in total. The van der Waals surface area contributed by atoms with Crippen molar-refractivity contribution in [3.63, 3.8) is 0 Å². The van der Waals surface area contributed by atoms with E-state index in [-0.39, 0.29) is 5.91 Å². The van der Waals surface area contributed by atoms with Gasteiger partial charge in [-0.1, -0.05) is 13.0 Å². The van der Waals surface area contributed by atoms with E-state index in [9.17, 15) is 9.59 Å². The number of ether oxygens (including phenoxy) is 1. The molecule has 1 unspecified atom stereocenters. The van der Waals surface area contributed by atoms with Gasteiger partial charge in [0.15, 0.2) is 0 Å². The van der Waals surface area contributed by atoms with Crippen LogP contribution in [-0.2, 0) is 9.53 Å². The molecule has 0 aliphatic carbocycles. The van der Waals surface area contributed by atoms with Gasteiger partial charge in [-0.05, 0) is 44.0 Å². The molecule has 1 saturated heterocycles. The Morgan fingerprint density at radius 1 is 1.33 bits per heavy atom. The van der Waals surface area contributed by atoms with Crippen LogP contribution in [0.2, 0.25) is 0 Å². The third-order valence-corrected chi connectivity index (χ3v) is 3.83. The molecule has 3 N–H and O–H groups in total. The summed E-state index contributed by atoms with van der Waals surface area (Å²) in [6.45, 7) is 2.87. The monoisotopic (exact) mass is 291 g/mol. The van der Waals surface area contributed by atoms with E-state index in [0.717, 1.165) is 25.8 Å². The summed E-state index contributed by atoms with van der Waals surface area (Å²) in [6.07, 6.45) is 2.06. The number of hydrogen-bond donors (Lipinski definition) is 3. The van der Waals surface area contributed by atoms with E-state index in [2.05, 4.69) is 20.7 Å². The molecule has 1 aliphatic heterocycles. The second-order valence-corrected chi connectivity index (χ2v) is 5.12. The smallest absolute Gasteiger partial charge is 0.411 e. The number of carbonyl (C=O) groups excluding carboxylic acids is 2. The van der Waals surface area contributed by atoms with Gasteiger partial charge < -0.3 is 15.4 Å². The molecule has 1 aliphatic rings. The van der Waals surface area contributed by atoms with E-state index >= 15 is 0 Å². The van der Waals surface area contributed by atoms with Crippen molar-refractivity contribution in [2.75, 3.05) is 24.3 Å². The van der Waals surface area contributed by atoms with E-state index < -0.39 is 11.6 Å². The fourth-order valence-corrected chi connectivity index (χ4v) is 2.56. The Kier molecular flexibility index (Phi) is 4.80. The molecule has 2 amide bonds. The molecule has 0 spiro atoms. The van der Waals surface area contributed by atoms with Crippen molar-refractivity contribution in [1.29, 1.82) is 0 Å². The number of hydrogen-bond acceptors (Lipinski definition) is 4. The van der Waals surface area contributed by atoms with E-state index in [1.165, 1.54) is 7.11 Å². The van der Waals surface area contributed by atoms with Crippen molar-refractivity contribution in [2.45, 2.75) is 31.7 Å². The fourth-order valence-electron chi connectivity index (χ4n) is 2.56. The van der Waals surface area contributed by atoms with Gasteiger partial charge in [0.2, 0.25) is 5.91 Å². The number of carbonyl (C=O) groups is 2. The predicted molar refractivity (Wildman–Crippen MR) is 81.4 cm³/mol. The van der Waals surface area contributed by atoms with Crippen LogP contribution in [0.4, 0.5) is 16.2 Å². The molecule has 2 rings (SSSR count). The SMILES string of the molecule is CCC1(C(=O)Nc2cccc(NC(=O)OC)c2)CCCN1. The lowest BCUT2D eigenvalue weighted by molar-refractivity contribution is -0.122. The van der Waals surface area contributed by atoms with Crippen molar-refractivity contribution >= 4 is 23.4 Å². The third kappa shape index (κ3) is 3.52. The first-order chi connectivity index (χ1) is 10.1. The van der Waals surface area contributed by atoms with Crippen molar-refractivity contribution in [2.24, 2.45) is 0 Å². The molecular formula is C15H21N3O3. The van der Waals surface area contributed by atoms with Crippen LogP contribution < -0.4 is 16.0 Å². The lowest BCUT2D eigenvalue weighted by atomic mass is 9.93. The Labute approximate surface area is 124 Å². The average molecular weight is 291 g/mol. The molecule has 0 radical (unpaired) electrons. The highest BCUT2D eigenvalue weighted by atomic mass is 16.5. The van der Waals surface area contributed by atoms with Crippen LogP contribution in [0.5, 0.6) is 0 Å². The van der Waals surface area contributed by atoms with Gasteiger partial charge in [0.25, 0.3) is 0 Å². The summed E-state index contributed by atoms with van der Waals surface area (Å²) in [5.74, 6) is -0.0299. The van der Waals surface area contributed by atoms with E-state index in [0.29, 0.717) is 11.4 Å². The van der Waals surface area contributed by atoms with Gasteiger partial charge in [-0.15, -0.1) is 0 Å². The Bertz CT molecular complexity index is 525. The summed E-state index contributed by atoms with van der Waals surface area (Å²) in [5, 5.41) is 8.78. The molecule has 1 atom stereocenters. The van der Waals surface area contributed by atoms with Gasteiger partial charge in [-0.25, -0.2) is 4.79 Å². The third-order valence-electron chi connectivity index (χ3n) is 3.83. The maximum atomic E-state index is 12.5. The molecule has 0 bridgehead atoms. The average Bonchev–Trinajstić information content (AvgIpc) is 2.97. The first-order valence-electron chi connectivity index (χ1n) is 7.11. The van der Waals surface area contributed by atoms with Crippen LogP contribution in [0.15, 0.2) is 24.3 Å². The van der Waals surface area contributed by atoms with E-state index in [1.807, 2.05) is 6.92 Å². The highest BCUT2D eigenvalue weighted by Gasteiger charge is 2.39. The Morgan fingerprint density at radius 2 is 2.05 bits per heavy atom. The molecular weight excluding hydrogens is 270 g/mol. The summed E-state index contributed by atoms with van der Waals surface area (Å²) in [6, 6.07) is 6.99. The number of anilines is 2. The van der Waals surface area contributed by atoms with Gasteiger partial charge in [0, 0.05) is 11.4 Å². The molecule has 114 valence electrons. The van der Waals surface area contributed by atoms with Gasteiger partial charge in [-0.3, -0.25) is 10.1 Å². The fraction of sp³-hybridized carbons (Fsp3) is 0.467. The molecule has 0 aromatic heterocycles. The zero-order valence-corrected chi connectivity index (χ0v) is 12.4. The highest BCUT2D eigenvalue weighted by molar-refractivity contribution is 5.99. The number of rotatable bonds is 4. The summed E-state index contributed by atoms with van der Waals surface area (Å²) >= 11 is 0. The van der Waals surface area contributed by atoms with E-state index in [1.54, 1.807) is 24.3 Å². The second-order valence-electron chi connectivity index (χ2n) is 5.12. The first kappa shape index (κ1) is 15.3. The Morgan fingerprint density at radius 3 is 2.62 bits per heavy atom. The van der Waals surface area contributed by atoms with Crippen LogP contribution in [0.25, 0.3) is 0 Å². The number of amides is 2. The van der Waals surface area contributed by atoms with Crippen molar-refractivity contribution in [3.05, 3.63) is 24.3 Å². The zero-order valence-electron chi connectivity index (χ0n) is 12.4. The maximum Gasteiger partial charge on any atom is 0.411 e. The van der Waals surface area contributed by atoms with E-state index in [4.69, 9.17) is 0 Å². The number of benzene rings is 1. The summed E-state index contributed by atoms with van der Waals surface area (Å²) < 4.78 is 4.54. The minimum absolute atomic E-state index is 0.0299. The van der Waals surface area contributed by atoms with Crippen LogP contribution in [0, 0.1) is 0 Å². The Hall–Kier alpha value is -2.08. The van der Waals surface area contributed by atoms with Crippen LogP contribution in [-0.4, -0.2) is 31.2 Å². The van der Waals surface area contributed by atoms with Crippen molar-refractivity contribution < 1.29 is 14.3 Å². The van der Waals surface area contributed by atoms with Crippen LogP contribution >= 0.6 is 0 Å². The minimum Gasteiger partial charge on any atom is -0.453 e. The van der Waals surface area contributed by atoms with Crippen molar-refractivity contribution in [1.82, 2.24) is 5.32 Å². The maximum absolute atomic E-state index is 12.5. The molecule has 1 aromatic rings. The molecule has 1 fully saturated rings. The molecule has 0 saturated carbocycles. The van der Waals surface area contributed by atoms with Crippen LogP contribution in [0.3, 0.4) is 0 Å². The van der Waals surface area contributed by atoms with Gasteiger partial charge >= 0.3 is 6.09 Å². The zero-order chi connectivity index (χ0) is 15.3. The highest BCUT2D eigenvalue weighted by Crippen LogP contribution is 2.25. The lowest BCUT2D eigenvalue weighted by Gasteiger charge is -2.26. The number of nitrogens with one attached hydrogen (secondary N) is 3. The largest absolute Gasteiger partial charge is 0.453 e. The van der Waals surface area contributed by atoms with Crippen molar-refractivity contribution in [3.8, 4) is 0 Å². The second kappa shape index (κ2) is 6.58. The Balaban J connectivity index is 2.07. The standard InChI is InChI=1S/C15H21N3O3/c1-3-15(8-5-9-16-15)13(19)17-11-6-4-7-12(10-11)18-14(20)21-2/h4,6-7,10,16H,3,5,8-9H2,1-2H3,(H,17,19)(H,18,20). The summed E-state index contributed by atoms with van der Waals surface area (Å²) in [7, 11) is 1.30. The number of methoxy groups -OCH3 is 1. The topological polar surface area (TPSA) is 79.5 Å².